The number of amides is 1. The lowest BCUT2D eigenvalue weighted by Crippen LogP contribution is -2.41. The molecule has 0 saturated carbocycles. The summed E-state index contributed by atoms with van der Waals surface area (Å²) in [4.78, 5) is 14.6. The molecule has 0 bridgehead atoms. The van der Waals surface area contributed by atoms with Crippen molar-refractivity contribution in [3.8, 4) is 5.75 Å². The van der Waals surface area contributed by atoms with Crippen LogP contribution >= 0.6 is 0 Å². The van der Waals surface area contributed by atoms with Crippen LogP contribution in [0.3, 0.4) is 0 Å². The van der Waals surface area contributed by atoms with Crippen molar-refractivity contribution in [1.82, 2.24) is 4.90 Å². The normalized spacial score (nSPS) is 17.7. The van der Waals surface area contributed by atoms with Crippen LogP contribution in [0.2, 0.25) is 0 Å². The molecule has 2 rings (SSSR count). The van der Waals surface area contributed by atoms with Gasteiger partial charge in [-0.1, -0.05) is 6.92 Å². The zero-order chi connectivity index (χ0) is 16.7. The van der Waals surface area contributed by atoms with Crippen LogP contribution in [0.1, 0.15) is 33.1 Å². The molecular weight excluding hydrogens is 292 g/mol. The number of ether oxygens (including phenoxy) is 2. The van der Waals surface area contributed by atoms with E-state index in [4.69, 9.17) is 9.47 Å². The Morgan fingerprint density at radius 1 is 1.26 bits per heavy atom. The predicted octanol–water partition coefficient (Wildman–Crippen LogP) is 2.91. The minimum atomic E-state index is -0.801. The van der Waals surface area contributed by atoms with Crippen molar-refractivity contribution in [3.63, 3.8) is 0 Å². The molecule has 1 aromatic rings. The first-order valence-corrected chi connectivity index (χ1v) is 8.39. The van der Waals surface area contributed by atoms with Gasteiger partial charge in [0.2, 0.25) is 0 Å². The molecule has 1 aromatic carbocycles. The highest BCUT2D eigenvalue weighted by atomic mass is 16.5. The van der Waals surface area contributed by atoms with E-state index >= 15 is 0 Å². The fourth-order valence-corrected chi connectivity index (χ4v) is 2.59. The molecular formula is C18H28N2O3. The van der Waals surface area contributed by atoms with Gasteiger partial charge in [-0.25, -0.2) is 0 Å². The Balaban J connectivity index is 1.80. The van der Waals surface area contributed by atoms with Crippen LogP contribution in [-0.2, 0) is 9.53 Å². The van der Waals surface area contributed by atoms with Crippen LogP contribution in [0, 0.1) is 0 Å². The third kappa shape index (κ3) is 4.94. The van der Waals surface area contributed by atoms with Gasteiger partial charge in [0.05, 0.1) is 0 Å². The van der Waals surface area contributed by atoms with Crippen molar-refractivity contribution in [2.24, 2.45) is 0 Å². The summed E-state index contributed by atoms with van der Waals surface area (Å²) in [7, 11) is 1.56. The number of rotatable bonds is 8. The maximum absolute atomic E-state index is 12.2. The summed E-state index contributed by atoms with van der Waals surface area (Å²) < 4.78 is 11.1. The Morgan fingerprint density at radius 3 is 2.48 bits per heavy atom. The summed E-state index contributed by atoms with van der Waals surface area (Å²) in [5.41, 5.74) is -0.0520. The molecule has 1 fully saturated rings. The van der Waals surface area contributed by atoms with E-state index < -0.39 is 5.60 Å². The third-order valence-electron chi connectivity index (χ3n) is 4.59. The average Bonchev–Trinajstić information content (AvgIpc) is 3.09. The van der Waals surface area contributed by atoms with Crippen LogP contribution in [-0.4, -0.2) is 49.8 Å². The fourth-order valence-electron chi connectivity index (χ4n) is 2.59. The van der Waals surface area contributed by atoms with E-state index in [1.165, 1.54) is 25.9 Å². The maximum Gasteiger partial charge on any atom is 0.256 e. The Kier molecular flexibility index (Phi) is 6.42. The number of likely N-dealkylation sites (tertiary alicyclic amines) is 1. The average molecular weight is 320 g/mol. The summed E-state index contributed by atoms with van der Waals surface area (Å²) in [6, 6.07) is 7.48. The van der Waals surface area contributed by atoms with E-state index in [1.54, 1.807) is 14.0 Å². The van der Waals surface area contributed by atoms with Crippen molar-refractivity contribution in [2.45, 2.75) is 38.7 Å². The van der Waals surface area contributed by atoms with Gasteiger partial charge in [0, 0.05) is 19.3 Å². The lowest BCUT2D eigenvalue weighted by atomic mass is 10.0. The standard InChI is InChI=1S/C18H28N2O3/c1-4-18(2,22-3)17(21)19-15-7-9-16(10-8-15)23-14-13-20-11-5-6-12-20/h7-10H,4-6,11-14H2,1-3H3,(H,19,21)/t18-/m1/s1. The number of nitrogens with zero attached hydrogens (tertiary/aromatic N) is 1. The van der Waals surface area contributed by atoms with Crippen molar-refractivity contribution in [3.05, 3.63) is 24.3 Å². The van der Waals surface area contributed by atoms with E-state index in [1.807, 2.05) is 31.2 Å². The lowest BCUT2D eigenvalue weighted by Gasteiger charge is -2.25. The molecule has 1 aliphatic rings. The number of anilines is 1. The van der Waals surface area contributed by atoms with Crippen molar-refractivity contribution < 1.29 is 14.3 Å². The zero-order valence-electron chi connectivity index (χ0n) is 14.4. The number of benzene rings is 1. The van der Waals surface area contributed by atoms with Gasteiger partial charge in [-0.2, -0.15) is 0 Å². The molecule has 1 N–H and O–H groups in total. The predicted molar refractivity (Wildman–Crippen MR) is 91.9 cm³/mol. The minimum absolute atomic E-state index is 0.134. The molecule has 1 atom stereocenters. The summed E-state index contributed by atoms with van der Waals surface area (Å²) in [5, 5.41) is 2.88. The van der Waals surface area contributed by atoms with Crippen molar-refractivity contribution in [1.29, 1.82) is 0 Å². The summed E-state index contributed by atoms with van der Waals surface area (Å²) >= 11 is 0. The zero-order valence-corrected chi connectivity index (χ0v) is 14.4. The van der Waals surface area contributed by atoms with E-state index in [0.717, 1.165) is 18.0 Å². The molecule has 1 heterocycles. The summed E-state index contributed by atoms with van der Waals surface area (Å²) in [6.07, 6.45) is 3.21. The molecule has 0 radical (unpaired) electrons. The van der Waals surface area contributed by atoms with Crippen LogP contribution in [0.4, 0.5) is 5.69 Å². The number of hydrogen-bond donors (Lipinski definition) is 1. The Morgan fingerprint density at radius 2 is 1.91 bits per heavy atom. The molecule has 5 heteroatoms. The van der Waals surface area contributed by atoms with Gasteiger partial charge >= 0.3 is 0 Å². The van der Waals surface area contributed by atoms with E-state index in [-0.39, 0.29) is 5.91 Å². The largest absolute Gasteiger partial charge is 0.492 e. The van der Waals surface area contributed by atoms with Crippen molar-refractivity contribution >= 4 is 11.6 Å². The monoisotopic (exact) mass is 320 g/mol. The second-order valence-corrected chi connectivity index (χ2v) is 6.16. The third-order valence-corrected chi connectivity index (χ3v) is 4.59. The van der Waals surface area contributed by atoms with Crippen LogP contribution < -0.4 is 10.1 Å². The van der Waals surface area contributed by atoms with Crippen LogP contribution in [0.25, 0.3) is 0 Å². The highest BCUT2D eigenvalue weighted by molar-refractivity contribution is 5.97. The Bertz CT molecular complexity index is 491. The Hall–Kier alpha value is -1.59. The van der Waals surface area contributed by atoms with Gasteiger partial charge in [0.1, 0.15) is 18.0 Å². The fraction of sp³-hybridized carbons (Fsp3) is 0.611. The topological polar surface area (TPSA) is 50.8 Å². The number of hydrogen-bond acceptors (Lipinski definition) is 4. The highest BCUT2D eigenvalue weighted by Gasteiger charge is 2.30. The van der Waals surface area contributed by atoms with Crippen LogP contribution in [0.15, 0.2) is 24.3 Å². The van der Waals surface area contributed by atoms with Crippen LogP contribution in [0.5, 0.6) is 5.75 Å². The maximum atomic E-state index is 12.2. The second-order valence-electron chi connectivity index (χ2n) is 6.16. The first-order valence-electron chi connectivity index (χ1n) is 8.39. The van der Waals surface area contributed by atoms with Gasteiger partial charge < -0.3 is 14.8 Å². The number of carbonyl (C=O) groups excluding carboxylic acids is 1. The molecule has 5 nitrogen and oxygen atoms in total. The van der Waals surface area contributed by atoms with Gasteiger partial charge in [0.15, 0.2) is 0 Å². The lowest BCUT2D eigenvalue weighted by molar-refractivity contribution is -0.136. The summed E-state index contributed by atoms with van der Waals surface area (Å²) in [6.45, 7) is 7.76. The van der Waals surface area contributed by atoms with Gasteiger partial charge in [-0.3, -0.25) is 9.69 Å². The van der Waals surface area contributed by atoms with Gasteiger partial charge in [-0.15, -0.1) is 0 Å². The van der Waals surface area contributed by atoms with Gasteiger partial charge in [-0.05, 0) is 63.5 Å². The van der Waals surface area contributed by atoms with E-state index in [2.05, 4.69) is 10.2 Å². The number of carbonyl (C=O) groups is 1. The molecule has 1 amide bonds. The smallest absolute Gasteiger partial charge is 0.256 e. The molecule has 0 spiro atoms. The molecule has 128 valence electrons. The quantitative estimate of drug-likeness (QED) is 0.800. The van der Waals surface area contributed by atoms with Crippen molar-refractivity contribution in [2.75, 3.05) is 38.7 Å². The molecule has 0 aromatic heterocycles. The SMILES string of the molecule is CC[C@@](C)(OC)C(=O)Nc1ccc(OCCN2CCCC2)cc1. The molecule has 0 unspecified atom stereocenters. The molecule has 0 aliphatic carbocycles. The molecule has 1 aliphatic heterocycles. The second kappa shape index (κ2) is 8.31. The molecule has 1 saturated heterocycles. The minimum Gasteiger partial charge on any atom is -0.492 e. The first kappa shape index (κ1) is 17.8. The van der Waals surface area contributed by atoms with E-state index in [9.17, 15) is 4.79 Å². The highest BCUT2D eigenvalue weighted by Crippen LogP contribution is 2.20. The Labute approximate surface area is 139 Å². The molecule has 23 heavy (non-hydrogen) atoms. The first-order chi connectivity index (χ1) is 11.1. The number of nitrogens with one attached hydrogen (secondary N) is 1. The van der Waals surface area contributed by atoms with E-state index in [0.29, 0.717) is 13.0 Å². The number of methoxy groups -OCH3 is 1. The summed E-state index contributed by atoms with van der Waals surface area (Å²) in [5.74, 6) is 0.692. The van der Waals surface area contributed by atoms with Gasteiger partial charge in [0.25, 0.3) is 5.91 Å².